The van der Waals surface area contributed by atoms with Crippen LogP contribution in [0.4, 0.5) is 0 Å². The van der Waals surface area contributed by atoms with Gasteiger partial charge in [-0.15, -0.1) is 0 Å². The van der Waals surface area contributed by atoms with Gasteiger partial charge in [-0.3, -0.25) is 4.79 Å². The molecule has 2 rings (SSSR count). The van der Waals surface area contributed by atoms with E-state index in [9.17, 15) is 9.59 Å². The molecule has 0 bridgehead atoms. The summed E-state index contributed by atoms with van der Waals surface area (Å²) in [6.07, 6.45) is 2.10. The third-order valence-electron chi connectivity index (χ3n) is 3.65. The molecule has 1 heterocycles. The summed E-state index contributed by atoms with van der Waals surface area (Å²) in [6, 6.07) is 6.05. The Morgan fingerprint density at radius 2 is 2.15 bits per heavy atom. The third-order valence-corrected chi connectivity index (χ3v) is 3.65. The third kappa shape index (κ3) is 3.36. The van der Waals surface area contributed by atoms with E-state index in [4.69, 9.17) is 9.84 Å². The molecule has 1 aliphatic heterocycles. The minimum Gasteiger partial charge on any atom is -0.478 e. The molecule has 2 N–H and O–H groups in total. The summed E-state index contributed by atoms with van der Waals surface area (Å²) < 4.78 is 5.57. The molecule has 108 valence electrons. The highest BCUT2D eigenvalue weighted by molar-refractivity contribution is 5.97. The summed E-state index contributed by atoms with van der Waals surface area (Å²) in [5.41, 5.74) is 0.491. The van der Waals surface area contributed by atoms with E-state index in [2.05, 4.69) is 12.2 Å². The smallest absolute Gasteiger partial charge is 0.335 e. The van der Waals surface area contributed by atoms with Gasteiger partial charge < -0.3 is 15.2 Å². The van der Waals surface area contributed by atoms with Crippen LogP contribution in [0.5, 0.6) is 0 Å². The number of carbonyl (C=O) groups excluding carboxylic acids is 1. The summed E-state index contributed by atoms with van der Waals surface area (Å²) in [5.74, 6) is -0.934. The second-order valence-corrected chi connectivity index (χ2v) is 4.96. The van der Waals surface area contributed by atoms with Crippen LogP contribution in [0.15, 0.2) is 24.3 Å². The van der Waals surface area contributed by atoms with Gasteiger partial charge >= 0.3 is 5.97 Å². The zero-order chi connectivity index (χ0) is 14.5. The first-order chi connectivity index (χ1) is 9.61. The Bertz CT molecular complexity index is 500. The van der Waals surface area contributed by atoms with Crippen LogP contribution in [0.25, 0.3) is 0 Å². The number of hydrogen-bond donors (Lipinski definition) is 2. The summed E-state index contributed by atoms with van der Waals surface area (Å²) in [5, 5.41) is 11.8. The number of ether oxygens (including phenoxy) is 1. The number of amides is 1. The van der Waals surface area contributed by atoms with Crippen molar-refractivity contribution >= 4 is 11.9 Å². The maximum atomic E-state index is 12.0. The van der Waals surface area contributed by atoms with E-state index in [1.165, 1.54) is 12.1 Å². The highest BCUT2D eigenvalue weighted by atomic mass is 16.5. The Hall–Kier alpha value is -1.88. The Morgan fingerprint density at radius 1 is 1.40 bits per heavy atom. The molecule has 1 fully saturated rings. The van der Waals surface area contributed by atoms with Gasteiger partial charge in [0, 0.05) is 24.6 Å². The van der Waals surface area contributed by atoms with Gasteiger partial charge in [-0.25, -0.2) is 4.79 Å². The molecule has 0 aromatic heterocycles. The Morgan fingerprint density at radius 3 is 2.85 bits per heavy atom. The molecule has 2 unspecified atom stereocenters. The number of hydrogen-bond acceptors (Lipinski definition) is 3. The number of nitrogens with one attached hydrogen (secondary N) is 1. The molecule has 0 spiro atoms. The second kappa shape index (κ2) is 6.52. The molecule has 0 saturated carbocycles. The highest BCUT2D eigenvalue weighted by Crippen LogP contribution is 2.22. The fourth-order valence-corrected chi connectivity index (χ4v) is 2.50. The van der Waals surface area contributed by atoms with Crippen LogP contribution in [0.2, 0.25) is 0 Å². The molecule has 2 atom stereocenters. The SMILES string of the molecule is CCC1OCCC1CNC(=O)c1cccc(C(=O)O)c1. The predicted octanol–water partition coefficient (Wildman–Crippen LogP) is 1.93. The second-order valence-electron chi connectivity index (χ2n) is 4.96. The molecule has 1 aromatic rings. The first kappa shape index (κ1) is 14.5. The van der Waals surface area contributed by atoms with Crippen LogP contribution in [-0.2, 0) is 4.74 Å². The molecular weight excluding hydrogens is 258 g/mol. The minimum atomic E-state index is -1.03. The van der Waals surface area contributed by atoms with Crippen LogP contribution in [0, 0.1) is 5.92 Å². The van der Waals surface area contributed by atoms with Gasteiger partial charge in [0.05, 0.1) is 11.7 Å². The molecule has 5 heteroatoms. The average molecular weight is 277 g/mol. The van der Waals surface area contributed by atoms with E-state index < -0.39 is 5.97 Å². The topological polar surface area (TPSA) is 75.6 Å². The maximum Gasteiger partial charge on any atom is 0.335 e. The summed E-state index contributed by atoms with van der Waals surface area (Å²) in [7, 11) is 0. The molecular formula is C15H19NO4. The van der Waals surface area contributed by atoms with E-state index in [0.717, 1.165) is 19.4 Å². The zero-order valence-corrected chi connectivity index (χ0v) is 11.5. The van der Waals surface area contributed by atoms with Crippen molar-refractivity contribution in [3.05, 3.63) is 35.4 Å². The Labute approximate surface area is 117 Å². The lowest BCUT2D eigenvalue weighted by Gasteiger charge is -2.17. The van der Waals surface area contributed by atoms with Gasteiger partial charge in [-0.2, -0.15) is 0 Å². The lowest BCUT2D eigenvalue weighted by molar-refractivity contribution is 0.0697. The molecule has 1 amide bonds. The number of aromatic carboxylic acids is 1. The first-order valence-electron chi connectivity index (χ1n) is 6.85. The molecule has 20 heavy (non-hydrogen) atoms. The highest BCUT2D eigenvalue weighted by Gasteiger charge is 2.26. The van der Waals surface area contributed by atoms with Crippen LogP contribution in [0.1, 0.15) is 40.5 Å². The van der Waals surface area contributed by atoms with Crippen molar-refractivity contribution in [2.45, 2.75) is 25.9 Å². The zero-order valence-electron chi connectivity index (χ0n) is 11.5. The minimum absolute atomic E-state index is 0.119. The van der Waals surface area contributed by atoms with Crippen molar-refractivity contribution < 1.29 is 19.4 Å². The lowest BCUT2D eigenvalue weighted by Crippen LogP contribution is -2.32. The Kier molecular flexibility index (Phi) is 4.74. The number of carboxylic acids is 1. The van der Waals surface area contributed by atoms with Gasteiger partial charge in [0.2, 0.25) is 0 Å². The first-order valence-corrected chi connectivity index (χ1v) is 6.85. The normalized spacial score (nSPS) is 21.6. The molecule has 0 aliphatic carbocycles. The standard InChI is InChI=1S/C15H19NO4/c1-2-13-12(6-7-20-13)9-16-14(17)10-4-3-5-11(8-10)15(18)19/h3-5,8,12-13H,2,6-7,9H2,1H3,(H,16,17)(H,18,19). The van der Waals surface area contributed by atoms with Crippen LogP contribution in [-0.4, -0.2) is 36.2 Å². The van der Waals surface area contributed by atoms with Crippen molar-refractivity contribution in [1.82, 2.24) is 5.32 Å². The molecule has 5 nitrogen and oxygen atoms in total. The molecule has 0 radical (unpaired) electrons. The van der Waals surface area contributed by atoms with Crippen molar-refractivity contribution in [3.63, 3.8) is 0 Å². The molecule has 1 aromatic carbocycles. The van der Waals surface area contributed by atoms with E-state index in [0.29, 0.717) is 18.0 Å². The quantitative estimate of drug-likeness (QED) is 0.862. The fraction of sp³-hybridized carbons (Fsp3) is 0.467. The Balaban J connectivity index is 1.95. The lowest BCUT2D eigenvalue weighted by atomic mass is 9.99. The average Bonchev–Trinajstić information content (AvgIpc) is 2.92. The van der Waals surface area contributed by atoms with Crippen molar-refractivity contribution in [2.75, 3.05) is 13.2 Å². The van der Waals surface area contributed by atoms with Gasteiger partial charge in [0.15, 0.2) is 0 Å². The van der Waals surface area contributed by atoms with E-state index in [1.54, 1.807) is 12.1 Å². The number of carbonyl (C=O) groups is 2. The van der Waals surface area contributed by atoms with E-state index >= 15 is 0 Å². The van der Waals surface area contributed by atoms with E-state index in [1.807, 2.05) is 0 Å². The van der Waals surface area contributed by atoms with Crippen LogP contribution < -0.4 is 5.32 Å². The molecule has 1 saturated heterocycles. The van der Waals surface area contributed by atoms with Crippen LogP contribution >= 0.6 is 0 Å². The number of rotatable bonds is 5. The summed E-state index contributed by atoms with van der Waals surface area (Å²) >= 11 is 0. The summed E-state index contributed by atoms with van der Waals surface area (Å²) in [6.45, 7) is 3.38. The monoisotopic (exact) mass is 277 g/mol. The van der Waals surface area contributed by atoms with Gasteiger partial charge in [0.1, 0.15) is 0 Å². The number of benzene rings is 1. The predicted molar refractivity (Wildman–Crippen MR) is 73.9 cm³/mol. The van der Waals surface area contributed by atoms with Crippen molar-refractivity contribution in [1.29, 1.82) is 0 Å². The van der Waals surface area contributed by atoms with Crippen molar-refractivity contribution in [3.8, 4) is 0 Å². The largest absolute Gasteiger partial charge is 0.478 e. The van der Waals surface area contributed by atoms with Crippen molar-refractivity contribution in [2.24, 2.45) is 5.92 Å². The van der Waals surface area contributed by atoms with Gasteiger partial charge in [-0.1, -0.05) is 13.0 Å². The maximum absolute atomic E-state index is 12.0. The fourth-order valence-electron chi connectivity index (χ4n) is 2.50. The van der Waals surface area contributed by atoms with E-state index in [-0.39, 0.29) is 17.6 Å². The van der Waals surface area contributed by atoms with Gasteiger partial charge in [-0.05, 0) is 31.0 Å². The number of carboxylic acid groups (broad SMARTS) is 1. The molecule has 1 aliphatic rings. The van der Waals surface area contributed by atoms with Crippen LogP contribution in [0.3, 0.4) is 0 Å². The van der Waals surface area contributed by atoms with Gasteiger partial charge in [0.25, 0.3) is 5.91 Å². The summed E-state index contributed by atoms with van der Waals surface area (Å²) in [4.78, 5) is 22.9.